The molecule has 1 N–H and O–H groups in total. The van der Waals surface area contributed by atoms with Gasteiger partial charge in [-0.15, -0.1) is 0 Å². The van der Waals surface area contributed by atoms with Crippen molar-refractivity contribution in [1.29, 1.82) is 0 Å². The average molecular weight is 310 g/mol. The van der Waals surface area contributed by atoms with Gasteiger partial charge in [-0.2, -0.15) is 4.39 Å². The molecule has 0 aliphatic heterocycles. The van der Waals surface area contributed by atoms with Crippen LogP contribution in [0.2, 0.25) is 0 Å². The number of benzene rings is 1. The molecule has 3 atom stereocenters. The molecule has 2 fully saturated rings. The summed E-state index contributed by atoms with van der Waals surface area (Å²) >= 11 is 0. The molecule has 0 aromatic heterocycles. The summed E-state index contributed by atoms with van der Waals surface area (Å²) in [6, 6.07) is 2.33. The van der Waals surface area contributed by atoms with Crippen LogP contribution in [0.1, 0.15) is 37.2 Å². The van der Waals surface area contributed by atoms with Crippen molar-refractivity contribution in [1.82, 2.24) is 0 Å². The third-order valence-electron chi connectivity index (χ3n) is 5.13. The summed E-state index contributed by atoms with van der Waals surface area (Å²) in [7, 11) is 1.22. The van der Waals surface area contributed by atoms with Gasteiger partial charge in [-0.1, -0.05) is 6.07 Å². The van der Waals surface area contributed by atoms with E-state index in [-0.39, 0.29) is 18.0 Å². The standard InChI is InChI=1S/C16H16F2O4/c1-22-14-8(2-3-11(17)13(14)18)9-6-16(5-4-12(16)19)7-10(9)15(20)21/h2-3,9-10H,4-7H2,1H3,(H,20,21). The SMILES string of the molecule is COc1c(C2CC3(CCC3=O)CC2C(=O)O)ccc(F)c1F. The van der Waals surface area contributed by atoms with Crippen molar-refractivity contribution in [3.05, 3.63) is 29.3 Å². The molecule has 118 valence electrons. The maximum absolute atomic E-state index is 13.9. The number of ketones is 1. The minimum absolute atomic E-state index is 0.0720. The van der Waals surface area contributed by atoms with Crippen LogP contribution in [-0.4, -0.2) is 24.0 Å². The fourth-order valence-electron chi connectivity index (χ4n) is 3.85. The minimum atomic E-state index is -1.12. The number of rotatable bonds is 3. The topological polar surface area (TPSA) is 63.6 Å². The van der Waals surface area contributed by atoms with Gasteiger partial charge in [0.2, 0.25) is 5.82 Å². The van der Waals surface area contributed by atoms with Gasteiger partial charge in [0.05, 0.1) is 13.0 Å². The first-order valence-electron chi connectivity index (χ1n) is 7.17. The van der Waals surface area contributed by atoms with Crippen LogP contribution in [0.25, 0.3) is 0 Å². The third kappa shape index (κ3) is 2.01. The lowest BCUT2D eigenvalue weighted by atomic mass is 9.65. The summed E-state index contributed by atoms with van der Waals surface area (Å²) in [5.41, 5.74) is -0.283. The summed E-state index contributed by atoms with van der Waals surface area (Å²) in [5, 5.41) is 9.45. The molecule has 0 radical (unpaired) electrons. The van der Waals surface area contributed by atoms with E-state index in [0.29, 0.717) is 24.8 Å². The molecule has 0 bridgehead atoms. The molecule has 3 unspecified atom stereocenters. The smallest absolute Gasteiger partial charge is 0.307 e. The summed E-state index contributed by atoms with van der Waals surface area (Å²) < 4.78 is 32.2. The largest absolute Gasteiger partial charge is 0.493 e. The number of methoxy groups -OCH3 is 1. The molecule has 2 saturated carbocycles. The lowest BCUT2D eigenvalue weighted by Gasteiger charge is -2.36. The van der Waals surface area contributed by atoms with Gasteiger partial charge in [0.15, 0.2) is 11.6 Å². The van der Waals surface area contributed by atoms with Crippen LogP contribution in [0.15, 0.2) is 12.1 Å². The Morgan fingerprint density at radius 1 is 1.36 bits per heavy atom. The normalized spacial score (nSPS) is 30.4. The number of aliphatic carboxylic acids is 1. The average Bonchev–Trinajstić information content (AvgIpc) is 2.91. The van der Waals surface area contributed by atoms with E-state index < -0.39 is 34.9 Å². The highest BCUT2D eigenvalue weighted by Crippen LogP contribution is 2.59. The van der Waals surface area contributed by atoms with Gasteiger partial charge < -0.3 is 9.84 Å². The predicted octanol–water partition coefficient (Wildman–Crippen LogP) is 2.90. The van der Waals surface area contributed by atoms with Crippen molar-refractivity contribution in [2.24, 2.45) is 11.3 Å². The fraction of sp³-hybridized carbons (Fsp3) is 0.500. The lowest BCUT2D eigenvalue weighted by Crippen LogP contribution is -2.38. The molecule has 1 spiro atoms. The van der Waals surface area contributed by atoms with Crippen molar-refractivity contribution < 1.29 is 28.2 Å². The van der Waals surface area contributed by atoms with E-state index in [0.717, 1.165) is 6.07 Å². The molecule has 4 nitrogen and oxygen atoms in total. The predicted molar refractivity (Wildman–Crippen MR) is 72.7 cm³/mol. The second-order valence-electron chi connectivity index (χ2n) is 6.15. The van der Waals surface area contributed by atoms with Gasteiger partial charge >= 0.3 is 5.97 Å². The highest BCUT2D eigenvalue weighted by molar-refractivity contribution is 5.92. The second-order valence-corrected chi connectivity index (χ2v) is 6.15. The van der Waals surface area contributed by atoms with Crippen LogP contribution >= 0.6 is 0 Å². The Labute approximate surface area is 126 Å². The Morgan fingerprint density at radius 3 is 2.59 bits per heavy atom. The van der Waals surface area contributed by atoms with Crippen LogP contribution in [0, 0.1) is 23.0 Å². The van der Waals surface area contributed by atoms with Gasteiger partial charge in [0, 0.05) is 23.3 Å². The molecule has 0 saturated heterocycles. The summed E-state index contributed by atoms with van der Waals surface area (Å²) in [6.45, 7) is 0. The minimum Gasteiger partial charge on any atom is -0.493 e. The van der Waals surface area contributed by atoms with E-state index >= 15 is 0 Å². The number of halogens is 2. The number of hydrogen-bond acceptors (Lipinski definition) is 3. The Morgan fingerprint density at radius 2 is 2.09 bits per heavy atom. The van der Waals surface area contributed by atoms with E-state index in [1.807, 2.05) is 0 Å². The van der Waals surface area contributed by atoms with E-state index in [1.54, 1.807) is 0 Å². The van der Waals surface area contributed by atoms with Gasteiger partial charge in [0.1, 0.15) is 5.78 Å². The number of carbonyl (C=O) groups excluding carboxylic acids is 1. The molecule has 1 aromatic carbocycles. The number of carbonyl (C=O) groups is 2. The first-order chi connectivity index (χ1) is 10.4. The van der Waals surface area contributed by atoms with Crippen LogP contribution in [-0.2, 0) is 9.59 Å². The molecular formula is C16H16F2O4. The highest BCUT2D eigenvalue weighted by atomic mass is 19.2. The number of Topliss-reactive ketones (excluding diaryl/α,β-unsaturated/α-hetero) is 1. The number of hydrogen-bond donors (Lipinski definition) is 1. The molecular weight excluding hydrogens is 294 g/mol. The van der Waals surface area contributed by atoms with Crippen molar-refractivity contribution in [2.75, 3.05) is 7.11 Å². The second kappa shape index (κ2) is 5.04. The Bertz CT molecular complexity index is 658. The van der Waals surface area contributed by atoms with Crippen molar-refractivity contribution in [2.45, 2.75) is 31.6 Å². The molecule has 0 amide bonds. The Balaban J connectivity index is 2.04. The van der Waals surface area contributed by atoms with Gasteiger partial charge in [-0.3, -0.25) is 9.59 Å². The molecule has 6 heteroatoms. The highest BCUT2D eigenvalue weighted by Gasteiger charge is 2.57. The molecule has 3 rings (SSSR count). The Hall–Kier alpha value is -1.98. The molecule has 1 aromatic rings. The molecule has 2 aliphatic rings. The summed E-state index contributed by atoms with van der Waals surface area (Å²) in [4.78, 5) is 23.5. The quantitative estimate of drug-likeness (QED) is 0.932. The summed E-state index contributed by atoms with van der Waals surface area (Å²) in [6.07, 6.45) is 1.74. The van der Waals surface area contributed by atoms with Crippen LogP contribution in [0.5, 0.6) is 5.75 Å². The van der Waals surface area contributed by atoms with E-state index in [9.17, 15) is 23.5 Å². The fourth-order valence-corrected chi connectivity index (χ4v) is 3.85. The first-order valence-corrected chi connectivity index (χ1v) is 7.17. The maximum atomic E-state index is 13.9. The number of carboxylic acid groups (broad SMARTS) is 1. The zero-order chi connectivity index (χ0) is 16.1. The van der Waals surface area contributed by atoms with Gasteiger partial charge in [-0.25, -0.2) is 4.39 Å². The van der Waals surface area contributed by atoms with E-state index in [1.165, 1.54) is 13.2 Å². The first kappa shape index (κ1) is 14.9. The van der Waals surface area contributed by atoms with Crippen LogP contribution in [0.4, 0.5) is 8.78 Å². The maximum Gasteiger partial charge on any atom is 0.307 e. The molecule has 0 heterocycles. The van der Waals surface area contributed by atoms with Crippen LogP contribution < -0.4 is 4.74 Å². The van der Waals surface area contributed by atoms with Gasteiger partial charge in [0.25, 0.3) is 0 Å². The van der Waals surface area contributed by atoms with Gasteiger partial charge in [-0.05, 0) is 25.3 Å². The monoisotopic (exact) mass is 310 g/mol. The Kier molecular flexibility index (Phi) is 3.42. The van der Waals surface area contributed by atoms with E-state index in [4.69, 9.17) is 4.74 Å². The van der Waals surface area contributed by atoms with Crippen LogP contribution in [0.3, 0.4) is 0 Å². The van der Waals surface area contributed by atoms with Crippen molar-refractivity contribution in [3.8, 4) is 5.75 Å². The number of ether oxygens (including phenoxy) is 1. The lowest BCUT2D eigenvalue weighted by molar-refractivity contribution is -0.143. The zero-order valence-electron chi connectivity index (χ0n) is 12.1. The molecule has 22 heavy (non-hydrogen) atoms. The number of carboxylic acids is 1. The van der Waals surface area contributed by atoms with E-state index in [2.05, 4.69) is 0 Å². The zero-order valence-corrected chi connectivity index (χ0v) is 12.1. The van der Waals surface area contributed by atoms with Crippen molar-refractivity contribution in [3.63, 3.8) is 0 Å². The summed E-state index contributed by atoms with van der Waals surface area (Å²) in [5.74, 6) is -4.71. The molecule has 2 aliphatic carbocycles. The third-order valence-corrected chi connectivity index (χ3v) is 5.13. The van der Waals surface area contributed by atoms with Crippen molar-refractivity contribution >= 4 is 11.8 Å².